The van der Waals surface area contributed by atoms with Crippen LogP contribution < -0.4 is 20.3 Å². The van der Waals surface area contributed by atoms with Crippen LogP contribution in [0.15, 0.2) is 54.3 Å². The highest BCUT2D eigenvalue weighted by Gasteiger charge is 2.31. The normalized spacial score (nSPS) is 13.8. The Labute approximate surface area is 234 Å². The van der Waals surface area contributed by atoms with Crippen molar-refractivity contribution in [2.75, 3.05) is 63.9 Å². The molecule has 1 amide bonds. The molecule has 0 saturated carbocycles. The maximum absolute atomic E-state index is 12.3. The van der Waals surface area contributed by atoms with Gasteiger partial charge in [-0.05, 0) is 50.4 Å². The number of rotatable bonds is 10. The van der Waals surface area contributed by atoms with E-state index in [4.69, 9.17) is 9.72 Å². The number of nitriles is 1. The quantitative estimate of drug-likeness (QED) is 0.281. The zero-order chi connectivity index (χ0) is 29.0. The van der Waals surface area contributed by atoms with E-state index in [1.54, 1.807) is 30.1 Å². The van der Waals surface area contributed by atoms with Gasteiger partial charge in [-0.25, -0.2) is 9.97 Å². The number of benzene rings is 2. The van der Waals surface area contributed by atoms with E-state index in [0.717, 1.165) is 35.6 Å². The Morgan fingerprint density at radius 3 is 2.67 bits per heavy atom. The molecule has 0 radical (unpaired) electrons. The smallest absolute Gasteiger partial charge is 0.247 e. The standard InChI is InChI=1S/C29H33N9O2/c1-8-27(39)32-22-15-23(26(40-7)16-24(22)37(5)12-11-36(3)4)34-29-31-10-9-21(33-29)19-13-20(17-30)28-18(2)35-38(6)25(28)14-19/h8-10,13-16,18H,1,11-12H2,2-7H3,(H-,31,32,33,34,39)/p+1. The monoisotopic (exact) mass is 540 g/mol. The largest absolute Gasteiger partial charge is 0.494 e. The zero-order valence-electron chi connectivity index (χ0n) is 23.7. The van der Waals surface area contributed by atoms with Crippen molar-refractivity contribution in [2.45, 2.75) is 13.0 Å². The lowest BCUT2D eigenvalue weighted by Crippen LogP contribution is -2.29. The second kappa shape index (κ2) is 11.9. The van der Waals surface area contributed by atoms with Crippen LogP contribution in [0.5, 0.6) is 5.75 Å². The SMILES string of the molecule is C=CC(=O)Nc1cc(Nc2nccc(-c3cc(C#N)c4c(c3)[N+](C)=NC4C)n2)c(OC)cc1N(C)CCN(C)C. The first-order valence-electron chi connectivity index (χ1n) is 12.8. The minimum Gasteiger partial charge on any atom is -0.494 e. The number of nitrogens with one attached hydrogen (secondary N) is 2. The lowest BCUT2D eigenvalue weighted by atomic mass is 9.97. The third-order valence-corrected chi connectivity index (χ3v) is 6.64. The van der Waals surface area contributed by atoms with Gasteiger partial charge in [0.25, 0.3) is 0 Å². The number of anilines is 4. The van der Waals surface area contributed by atoms with Gasteiger partial charge in [0, 0.05) is 44.0 Å². The third-order valence-electron chi connectivity index (χ3n) is 6.64. The van der Waals surface area contributed by atoms with Crippen molar-refractivity contribution in [1.29, 1.82) is 5.26 Å². The molecule has 2 heterocycles. The van der Waals surface area contributed by atoms with Crippen molar-refractivity contribution in [3.63, 3.8) is 0 Å². The average Bonchev–Trinajstić information content (AvgIpc) is 3.24. The molecule has 0 saturated heterocycles. The van der Waals surface area contributed by atoms with Crippen LogP contribution in [0.3, 0.4) is 0 Å². The molecule has 1 atom stereocenters. The molecule has 0 spiro atoms. The number of hydrogen-bond acceptors (Lipinski definition) is 9. The summed E-state index contributed by atoms with van der Waals surface area (Å²) in [7, 11) is 9.43. The fraction of sp³-hybridized carbons (Fsp3) is 0.310. The third kappa shape index (κ3) is 5.92. The van der Waals surface area contributed by atoms with Gasteiger partial charge in [-0.1, -0.05) is 11.3 Å². The molecule has 1 aliphatic heterocycles. The first kappa shape index (κ1) is 28.2. The maximum atomic E-state index is 12.3. The topological polar surface area (TPSA) is 122 Å². The molecular formula is C29H34N9O2+. The van der Waals surface area contributed by atoms with Crippen LogP contribution in [-0.4, -0.2) is 73.9 Å². The summed E-state index contributed by atoms with van der Waals surface area (Å²) in [6.45, 7) is 7.11. The summed E-state index contributed by atoms with van der Waals surface area (Å²) in [6, 6.07) is 11.5. The Kier molecular flexibility index (Phi) is 8.40. The molecular weight excluding hydrogens is 506 g/mol. The van der Waals surface area contributed by atoms with Crippen LogP contribution in [0.1, 0.15) is 24.1 Å². The zero-order valence-corrected chi connectivity index (χ0v) is 23.7. The molecule has 1 aliphatic rings. The highest BCUT2D eigenvalue weighted by atomic mass is 16.5. The lowest BCUT2D eigenvalue weighted by Gasteiger charge is -2.26. The fourth-order valence-corrected chi connectivity index (χ4v) is 4.57. The summed E-state index contributed by atoms with van der Waals surface area (Å²) >= 11 is 0. The molecule has 4 rings (SSSR count). The summed E-state index contributed by atoms with van der Waals surface area (Å²) < 4.78 is 7.50. The van der Waals surface area contributed by atoms with Crippen molar-refractivity contribution in [2.24, 2.45) is 5.11 Å². The highest BCUT2D eigenvalue weighted by molar-refractivity contribution is 6.02. The summed E-state index contributed by atoms with van der Waals surface area (Å²) in [5.74, 6) is 0.558. The van der Waals surface area contributed by atoms with Crippen LogP contribution in [0.4, 0.5) is 28.7 Å². The van der Waals surface area contributed by atoms with Gasteiger partial charge < -0.3 is 25.2 Å². The van der Waals surface area contributed by atoms with Gasteiger partial charge in [-0.3, -0.25) is 4.79 Å². The first-order chi connectivity index (χ1) is 19.1. The predicted octanol–water partition coefficient (Wildman–Crippen LogP) is 4.69. The van der Waals surface area contributed by atoms with Crippen LogP contribution >= 0.6 is 0 Å². The number of likely N-dealkylation sites (N-methyl/N-ethyl adjacent to an activating group) is 2. The second-order valence-corrected chi connectivity index (χ2v) is 9.76. The second-order valence-electron chi connectivity index (χ2n) is 9.76. The molecule has 40 heavy (non-hydrogen) atoms. The van der Waals surface area contributed by atoms with E-state index in [9.17, 15) is 10.1 Å². The van der Waals surface area contributed by atoms with Crippen LogP contribution in [0, 0.1) is 11.3 Å². The minimum atomic E-state index is -0.326. The molecule has 1 unspecified atom stereocenters. The molecule has 3 aromatic rings. The molecule has 0 bridgehead atoms. The molecule has 0 fully saturated rings. The Balaban J connectivity index is 1.71. The number of azo groups is 2. The summed E-state index contributed by atoms with van der Waals surface area (Å²) in [5.41, 5.74) is 5.74. The van der Waals surface area contributed by atoms with E-state index in [1.807, 2.05) is 58.2 Å². The fourth-order valence-electron chi connectivity index (χ4n) is 4.57. The van der Waals surface area contributed by atoms with Gasteiger partial charge in [-0.15, -0.1) is 0 Å². The number of carbonyl (C=O) groups is 1. The van der Waals surface area contributed by atoms with E-state index in [2.05, 4.69) is 38.3 Å². The van der Waals surface area contributed by atoms with Crippen LogP contribution in [0.2, 0.25) is 0 Å². The van der Waals surface area contributed by atoms with E-state index in [1.165, 1.54) is 6.08 Å². The minimum absolute atomic E-state index is 0.0838. The van der Waals surface area contributed by atoms with Crippen molar-refractivity contribution < 1.29 is 14.2 Å². The van der Waals surface area contributed by atoms with Gasteiger partial charge in [0.05, 0.1) is 47.1 Å². The molecule has 206 valence electrons. The molecule has 2 N–H and O–H groups in total. The van der Waals surface area contributed by atoms with Gasteiger partial charge >= 0.3 is 0 Å². The van der Waals surface area contributed by atoms with E-state index in [-0.39, 0.29) is 11.9 Å². The number of nitrogens with zero attached hydrogens (tertiary/aromatic N) is 7. The number of fused-ring (bicyclic) bond motifs is 1. The molecule has 11 nitrogen and oxygen atoms in total. The molecule has 0 aliphatic carbocycles. The van der Waals surface area contributed by atoms with Crippen molar-refractivity contribution in [3.05, 3.63) is 60.3 Å². The van der Waals surface area contributed by atoms with Crippen molar-refractivity contribution >= 4 is 34.6 Å². The van der Waals surface area contributed by atoms with Gasteiger partial charge in [0.2, 0.25) is 17.5 Å². The number of methoxy groups -OCH3 is 1. The summed E-state index contributed by atoms with van der Waals surface area (Å²) in [5, 5.41) is 20.5. The average molecular weight is 541 g/mol. The summed E-state index contributed by atoms with van der Waals surface area (Å²) in [4.78, 5) is 25.5. The number of carbonyl (C=O) groups excluding carboxylic acids is 1. The van der Waals surface area contributed by atoms with E-state index in [0.29, 0.717) is 34.3 Å². The number of ether oxygens (including phenoxy) is 1. The van der Waals surface area contributed by atoms with Crippen molar-refractivity contribution in [3.8, 4) is 23.1 Å². The van der Waals surface area contributed by atoms with Gasteiger partial charge in [0.1, 0.15) is 11.8 Å². The lowest BCUT2D eigenvalue weighted by molar-refractivity contribution is -0.477. The molecule has 2 aromatic carbocycles. The first-order valence-corrected chi connectivity index (χ1v) is 12.8. The molecule has 1 aromatic heterocycles. The van der Waals surface area contributed by atoms with Gasteiger partial charge in [-0.2, -0.15) is 5.26 Å². The van der Waals surface area contributed by atoms with Crippen LogP contribution in [0.25, 0.3) is 11.3 Å². The van der Waals surface area contributed by atoms with Gasteiger partial charge in [0.15, 0.2) is 7.05 Å². The Bertz CT molecular complexity index is 1520. The molecule has 11 heteroatoms. The van der Waals surface area contributed by atoms with Crippen molar-refractivity contribution in [1.82, 2.24) is 14.9 Å². The highest BCUT2D eigenvalue weighted by Crippen LogP contribution is 2.40. The Hall–Kier alpha value is -4.82. The number of hydrogen-bond donors (Lipinski definition) is 2. The van der Waals surface area contributed by atoms with E-state index >= 15 is 0 Å². The predicted molar refractivity (Wildman–Crippen MR) is 156 cm³/mol. The number of aromatic nitrogens is 2. The van der Waals surface area contributed by atoms with E-state index < -0.39 is 0 Å². The Morgan fingerprint density at radius 1 is 1.23 bits per heavy atom. The number of amides is 1. The maximum Gasteiger partial charge on any atom is 0.247 e. The Morgan fingerprint density at radius 2 is 2.00 bits per heavy atom. The summed E-state index contributed by atoms with van der Waals surface area (Å²) in [6.07, 6.45) is 2.88. The van der Waals surface area contributed by atoms with Crippen LogP contribution in [-0.2, 0) is 4.79 Å².